The van der Waals surface area contributed by atoms with Gasteiger partial charge in [0, 0.05) is 6.54 Å². The fraction of sp³-hybridized carbons (Fsp3) is 0.222. The van der Waals surface area contributed by atoms with Crippen molar-refractivity contribution in [3.8, 4) is 11.4 Å². The Balaban J connectivity index is 1.52. The first-order chi connectivity index (χ1) is 16.5. The molecule has 4 aromatic rings. The van der Waals surface area contributed by atoms with Crippen molar-refractivity contribution in [3.63, 3.8) is 0 Å². The Morgan fingerprint density at radius 3 is 2.47 bits per heavy atom. The van der Waals surface area contributed by atoms with E-state index in [9.17, 15) is 9.59 Å². The molecule has 1 amide bonds. The van der Waals surface area contributed by atoms with E-state index in [0.717, 1.165) is 29.0 Å². The fourth-order valence-electron chi connectivity index (χ4n) is 3.59. The van der Waals surface area contributed by atoms with Gasteiger partial charge in [0.05, 0.1) is 29.0 Å². The minimum atomic E-state index is -0.430. The van der Waals surface area contributed by atoms with E-state index in [4.69, 9.17) is 9.72 Å². The largest absolute Gasteiger partial charge is 0.497 e. The first kappa shape index (κ1) is 23.6. The number of nitrogens with one attached hydrogen (secondary N) is 1. The van der Waals surface area contributed by atoms with Gasteiger partial charge in [-0.15, -0.1) is 0 Å². The highest BCUT2D eigenvalue weighted by Crippen LogP contribution is 2.25. The summed E-state index contributed by atoms with van der Waals surface area (Å²) in [4.78, 5) is 30.9. The summed E-state index contributed by atoms with van der Waals surface area (Å²) in [6, 6.07) is 22.8. The van der Waals surface area contributed by atoms with Gasteiger partial charge in [-0.3, -0.25) is 14.2 Å². The summed E-state index contributed by atoms with van der Waals surface area (Å²) in [5.41, 5.74) is 3.41. The van der Waals surface area contributed by atoms with Gasteiger partial charge >= 0.3 is 0 Å². The summed E-state index contributed by atoms with van der Waals surface area (Å²) >= 11 is 1.28. The third kappa shape index (κ3) is 5.31. The van der Waals surface area contributed by atoms with Crippen molar-refractivity contribution >= 4 is 28.6 Å². The van der Waals surface area contributed by atoms with Crippen LogP contribution in [0.5, 0.6) is 5.75 Å². The first-order valence-corrected chi connectivity index (χ1v) is 12.0. The lowest BCUT2D eigenvalue weighted by Crippen LogP contribution is -2.33. The molecule has 0 aliphatic rings. The monoisotopic (exact) mass is 473 g/mol. The summed E-state index contributed by atoms with van der Waals surface area (Å²) in [6.07, 6.45) is 0.718. The lowest BCUT2D eigenvalue weighted by molar-refractivity contribution is -0.120. The predicted octanol–water partition coefficient (Wildman–Crippen LogP) is 4.54. The molecule has 1 heterocycles. The molecule has 0 aliphatic heterocycles. The van der Waals surface area contributed by atoms with Crippen molar-refractivity contribution in [2.75, 3.05) is 13.7 Å². The van der Waals surface area contributed by atoms with Gasteiger partial charge in [0.15, 0.2) is 5.16 Å². The number of thioether (sulfide) groups is 1. The van der Waals surface area contributed by atoms with Crippen LogP contribution in [0.25, 0.3) is 16.6 Å². The van der Waals surface area contributed by atoms with Gasteiger partial charge in [-0.05, 0) is 62.2 Å². The van der Waals surface area contributed by atoms with E-state index in [2.05, 4.69) is 5.32 Å². The molecule has 1 N–H and O–H groups in total. The van der Waals surface area contributed by atoms with Crippen LogP contribution in [0.3, 0.4) is 0 Å². The van der Waals surface area contributed by atoms with Crippen molar-refractivity contribution in [1.82, 2.24) is 14.9 Å². The molecule has 174 valence electrons. The lowest BCUT2D eigenvalue weighted by Gasteiger charge is -2.16. The van der Waals surface area contributed by atoms with Crippen LogP contribution in [-0.2, 0) is 11.2 Å². The van der Waals surface area contributed by atoms with Crippen LogP contribution < -0.4 is 15.6 Å². The Kier molecular flexibility index (Phi) is 7.33. The number of hydrogen-bond donors (Lipinski definition) is 1. The number of carbonyl (C=O) groups excluding carboxylic acids is 1. The van der Waals surface area contributed by atoms with Gasteiger partial charge in [-0.1, -0.05) is 53.7 Å². The summed E-state index contributed by atoms with van der Waals surface area (Å²) < 4.78 is 6.77. The van der Waals surface area contributed by atoms with Crippen molar-refractivity contribution in [1.29, 1.82) is 0 Å². The van der Waals surface area contributed by atoms with Crippen LogP contribution >= 0.6 is 11.8 Å². The molecule has 0 saturated heterocycles. The number of aryl methyl sites for hydroxylation is 1. The Morgan fingerprint density at radius 1 is 1.06 bits per heavy atom. The molecule has 4 rings (SSSR count). The molecule has 3 aromatic carbocycles. The number of aromatic nitrogens is 2. The first-order valence-electron chi connectivity index (χ1n) is 11.1. The standard InChI is InChI=1S/C27H27N3O3S/c1-18-8-12-21(13-9-18)30-26(32)23-6-4-5-7-24(23)29-27(30)34-19(2)25(31)28-17-16-20-10-14-22(33-3)15-11-20/h4-15,19H,16-17H2,1-3H3,(H,28,31). The van der Waals surface area contributed by atoms with Crippen molar-refractivity contribution in [2.24, 2.45) is 0 Å². The molecule has 0 fully saturated rings. The average Bonchev–Trinajstić information content (AvgIpc) is 2.85. The second-order valence-electron chi connectivity index (χ2n) is 8.04. The molecular formula is C27H27N3O3S. The van der Waals surface area contributed by atoms with Crippen LogP contribution in [0.4, 0.5) is 0 Å². The molecule has 6 nitrogen and oxygen atoms in total. The molecule has 1 aromatic heterocycles. The van der Waals surface area contributed by atoms with E-state index in [1.54, 1.807) is 17.7 Å². The van der Waals surface area contributed by atoms with Crippen molar-refractivity contribution < 1.29 is 9.53 Å². The highest BCUT2D eigenvalue weighted by molar-refractivity contribution is 8.00. The number of benzene rings is 3. The molecule has 0 radical (unpaired) electrons. The SMILES string of the molecule is COc1ccc(CCNC(=O)C(C)Sc2nc3ccccc3c(=O)n2-c2ccc(C)cc2)cc1. The summed E-state index contributed by atoms with van der Waals surface area (Å²) in [5, 5.41) is 3.60. The molecule has 7 heteroatoms. The van der Waals surface area contributed by atoms with E-state index in [-0.39, 0.29) is 11.5 Å². The normalized spacial score (nSPS) is 11.9. The molecule has 1 unspecified atom stereocenters. The molecule has 0 spiro atoms. The zero-order chi connectivity index (χ0) is 24.1. The third-order valence-electron chi connectivity index (χ3n) is 5.56. The van der Waals surface area contributed by atoms with E-state index in [0.29, 0.717) is 22.6 Å². The molecule has 1 atom stereocenters. The van der Waals surface area contributed by atoms with Gasteiger partial charge in [-0.2, -0.15) is 0 Å². The highest BCUT2D eigenvalue weighted by atomic mass is 32.2. The Morgan fingerprint density at radius 2 is 1.76 bits per heavy atom. The van der Waals surface area contributed by atoms with Gasteiger partial charge in [-0.25, -0.2) is 4.98 Å². The Labute approximate surface area is 203 Å². The second-order valence-corrected chi connectivity index (χ2v) is 9.34. The minimum Gasteiger partial charge on any atom is -0.497 e. The Hall–Kier alpha value is -3.58. The number of fused-ring (bicyclic) bond motifs is 1. The zero-order valence-corrected chi connectivity index (χ0v) is 20.3. The number of hydrogen-bond acceptors (Lipinski definition) is 5. The van der Waals surface area contributed by atoms with Crippen LogP contribution in [0, 0.1) is 6.92 Å². The number of carbonyl (C=O) groups is 1. The smallest absolute Gasteiger partial charge is 0.266 e. The number of ether oxygens (including phenoxy) is 1. The van der Waals surface area contributed by atoms with Crippen LogP contribution in [0.15, 0.2) is 82.7 Å². The zero-order valence-electron chi connectivity index (χ0n) is 19.4. The number of methoxy groups -OCH3 is 1. The maximum atomic E-state index is 13.4. The van der Waals surface area contributed by atoms with Crippen LogP contribution in [0.2, 0.25) is 0 Å². The topological polar surface area (TPSA) is 73.2 Å². The predicted molar refractivity (Wildman–Crippen MR) is 137 cm³/mol. The van der Waals surface area contributed by atoms with Gasteiger partial charge in [0.2, 0.25) is 5.91 Å². The van der Waals surface area contributed by atoms with Crippen LogP contribution in [-0.4, -0.2) is 34.4 Å². The van der Waals surface area contributed by atoms with E-state index in [1.165, 1.54) is 11.8 Å². The number of rotatable bonds is 8. The molecule has 0 bridgehead atoms. The maximum Gasteiger partial charge on any atom is 0.266 e. The minimum absolute atomic E-state index is 0.101. The molecular weight excluding hydrogens is 446 g/mol. The summed E-state index contributed by atoms with van der Waals surface area (Å²) in [6.45, 7) is 4.35. The number of nitrogens with zero attached hydrogens (tertiary/aromatic N) is 2. The van der Waals surface area contributed by atoms with Gasteiger partial charge < -0.3 is 10.1 Å². The second kappa shape index (κ2) is 10.6. The third-order valence-corrected chi connectivity index (χ3v) is 6.61. The van der Waals surface area contributed by atoms with Crippen molar-refractivity contribution in [3.05, 3.63) is 94.3 Å². The molecule has 0 aliphatic carbocycles. The number of amides is 1. The average molecular weight is 474 g/mol. The van der Waals surface area contributed by atoms with Gasteiger partial charge in [0.1, 0.15) is 5.75 Å². The molecule has 0 saturated carbocycles. The van der Waals surface area contributed by atoms with Crippen molar-refractivity contribution in [2.45, 2.75) is 30.7 Å². The number of para-hydroxylation sites is 1. The van der Waals surface area contributed by atoms with E-state index < -0.39 is 5.25 Å². The van der Waals surface area contributed by atoms with Gasteiger partial charge in [0.25, 0.3) is 5.56 Å². The quantitative estimate of drug-likeness (QED) is 0.300. The summed E-state index contributed by atoms with van der Waals surface area (Å²) in [7, 11) is 1.64. The summed E-state index contributed by atoms with van der Waals surface area (Å²) in [5.74, 6) is 0.705. The van der Waals surface area contributed by atoms with E-state index in [1.807, 2.05) is 80.6 Å². The van der Waals surface area contributed by atoms with E-state index >= 15 is 0 Å². The Bertz CT molecular complexity index is 1350. The maximum absolute atomic E-state index is 13.4. The van der Waals surface area contributed by atoms with Crippen LogP contribution in [0.1, 0.15) is 18.1 Å². The highest BCUT2D eigenvalue weighted by Gasteiger charge is 2.20. The lowest BCUT2D eigenvalue weighted by atomic mass is 10.1. The molecule has 34 heavy (non-hydrogen) atoms. The fourth-order valence-corrected chi connectivity index (χ4v) is 4.54.